The van der Waals surface area contributed by atoms with Crippen molar-refractivity contribution in [1.29, 1.82) is 0 Å². The van der Waals surface area contributed by atoms with Gasteiger partial charge in [-0.05, 0) is 30.7 Å². The number of carbonyl (C=O) groups excluding carboxylic acids is 1. The summed E-state index contributed by atoms with van der Waals surface area (Å²) in [7, 11) is 1.57. The second kappa shape index (κ2) is 4.96. The van der Waals surface area contributed by atoms with Crippen molar-refractivity contribution in [3.63, 3.8) is 0 Å². The Hall–Kier alpha value is -2.23. The molecule has 0 saturated heterocycles. The van der Waals surface area contributed by atoms with Crippen LogP contribution in [0.5, 0.6) is 5.75 Å². The fourth-order valence-electron chi connectivity index (χ4n) is 1.88. The number of nitrogens with zero attached hydrogens (tertiary/aromatic N) is 1. The van der Waals surface area contributed by atoms with E-state index in [0.29, 0.717) is 17.0 Å². The molecule has 94 valence electrons. The first-order chi connectivity index (χ1) is 8.67. The smallest absolute Gasteiger partial charge is 0.211 e. The van der Waals surface area contributed by atoms with Gasteiger partial charge in [-0.3, -0.25) is 9.47 Å². The third-order valence-electron chi connectivity index (χ3n) is 2.93. The van der Waals surface area contributed by atoms with Crippen molar-refractivity contribution in [2.24, 2.45) is 0 Å². The molecule has 0 bridgehead atoms. The molecule has 4 heteroatoms. The van der Waals surface area contributed by atoms with E-state index >= 15 is 0 Å². The number of benzene rings is 1. The number of rotatable bonds is 4. The van der Waals surface area contributed by atoms with Gasteiger partial charge in [0.25, 0.3) is 0 Å². The van der Waals surface area contributed by atoms with Crippen LogP contribution < -0.4 is 10.6 Å². The number of hydrogen-bond donors (Lipinski definition) is 1. The lowest BCUT2D eigenvalue weighted by molar-refractivity contribution is 0.103. The van der Waals surface area contributed by atoms with Crippen LogP contribution in [0.1, 0.15) is 28.7 Å². The van der Waals surface area contributed by atoms with Crippen LogP contribution in [-0.4, -0.2) is 17.6 Å². The molecule has 0 aliphatic rings. The van der Waals surface area contributed by atoms with Crippen molar-refractivity contribution < 1.29 is 9.53 Å². The van der Waals surface area contributed by atoms with Crippen LogP contribution in [0.3, 0.4) is 0 Å². The zero-order valence-corrected chi connectivity index (χ0v) is 10.5. The van der Waals surface area contributed by atoms with Gasteiger partial charge in [-0.15, -0.1) is 0 Å². The van der Waals surface area contributed by atoms with Crippen molar-refractivity contribution in [2.45, 2.75) is 13.3 Å². The average Bonchev–Trinajstić information content (AvgIpc) is 2.79. The molecule has 0 unspecified atom stereocenters. The van der Waals surface area contributed by atoms with Gasteiger partial charge >= 0.3 is 0 Å². The topological polar surface area (TPSA) is 57.2 Å². The summed E-state index contributed by atoms with van der Waals surface area (Å²) >= 11 is 0. The van der Waals surface area contributed by atoms with Crippen LogP contribution in [-0.2, 0) is 6.42 Å². The number of carbonyl (C=O) groups is 1. The molecule has 1 aromatic carbocycles. The standard InChI is InChI=1S/C14H16N2O2/c1-3-11-7-8-13(16(11)15)14(17)10-5-4-6-12(9-10)18-2/h4-9H,3,15H2,1-2H3. The first-order valence-corrected chi connectivity index (χ1v) is 5.81. The Morgan fingerprint density at radius 1 is 1.33 bits per heavy atom. The fourth-order valence-corrected chi connectivity index (χ4v) is 1.88. The van der Waals surface area contributed by atoms with Gasteiger partial charge in [0.2, 0.25) is 5.78 Å². The summed E-state index contributed by atoms with van der Waals surface area (Å²) in [5.41, 5.74) is 1.99. The molecule has 0 atom stereocenters. The minimum atomic E-state index is -0.101. The minimum Gasteiger partial charge on any atom is -0.497 e. The quantitative estimate of drug-likeness (QED) is 0.661. The summed E-state index contributed by atoms with van der Waals surface area (Å²) in [5.74, 6) is 6.45. The van der Waals surface area contributed by atoms with E-state index in [1.54, 1.807) is 37.4 Å². The summed E-state index contributed by atoms with van der Waals surface area (Å²) in [6.07, 6.45) is 0.794. The van der Waals surface area contributed by atoms with Crippen molar-refractivity contribution in [2.75, 3.05) is 13.0 Å². The molecule has 4 nitrogen and oxygen atoms in total. The molecule has 2 rings (SSSR count). The maximum atomic E-state index is 12.3. The highest BCUT2D eigenvalue weighted by atomic mass is 16.5. The summed E-state index contributed by atoms with van der Waals surface area (Å²) in [6, 6.07) is 10.7. The molecule has 0 aliphatic carbocycles. The maximum absolute atomic E-state index is 12.3. The molecule has 0 radical (unpaired) electrons. The highest BCUT2D eigenvalue weighted by molar-refractivity contribution is 6.08. The molecule has 18 heavy (non-hydrogen) atoms. The van der Waals surface area contributed by atoms with Gasteiger partial charge < -0.3 is 10.6 Å². The molecule has 0 amide bonds. The van der Waals surface area contributed by atoms with Crippen molar-refractivity contribution in [3.8, 4) is 5.75 Å². The largest absolute Gasteiger partial charge is 0.497 e. The van der Waals surface area contributed by atoms with Crippen molar-refractivity contribution in [3.05, 3.63) is 53.3 Å². The Morgan fingerprint density at radius 2 is 2.11 bits per heavy atom. The normalized spacial score (nSPS) is 10.3. The van der Waals surface area contributed by atoms with Crippen LogP contribution in [0.25, 0.3) is 0 Å². The number of methoxy groups -OCH3 is 1. The third kappa shape index (κ3) is 2.09. The molecule has 2 aromatic rings. The number of nitrogen functional groups attached to an aromatic ring is 1. The van der Waals surface area contributed by atoms with E-state index in [-0.39, 0.29) is 5.78 Å². The van der Waals surface area contributed by atoms with Gasteiger partial charge in [0.15, 0.2) is 0 Å². The highest BCUT2D eigenvalue weighted by Crippen LogP contribution is 2.17. The predicted octanol–water partition coefficient (Wildman–Crippen LogP) is 2.00. The Balaban J connectivity index is 2.38. The molecule has 0 fully saturated rings. The molecule has 2 N–H and O–H groups in total. The second-order valence-corrected chi connectivity index (χ2v) is 3.99. The number of ether oxygens (including phenoxy) is 1. The van der Waals surface area contributed by atoms with Gasteiger partial charge in [0.1, 0.15) is 11.4 Å². The number of aromatic nitrogens is 1. The van der Waals surface area contributed by atoms with Crippen LogP contribution in [0.4, 0.5) is 0 Å². The van der Waals surface area contributed by atoms with Crippen LogP contribution in [0.2, 0.25) is 0 Å². The molecular formula is C14H16N2O2. The number of ketones is 1. The summed E-state index contributed by atoms with van der Waals surface area (Å²) < 4.78 is 6.55. The Bertz CT molecular complexity index is 573. The Morgan fingerprint density at radius 3 is 2.72 bits per heavy atom. The number of aryl methyl sites for hydroxylation is 1. The van der Waals surface area contributed by atoms with E-state index in [0.717, 1.165) is 12.1 Å². The summed E-state index contributed by atoms with van der Waals surface area (Å²) in [6.45, 7) is 2.00. The molecule has 0 saturated carbocycles. The summed E-state index contributed by atoms with van der Waals surface area (Å²) in [4.78, 5) is 12.3. The van der Waals surface area contributed by atoms with E-state index in [9.17, 15) is 4.79 Å². The first-order valence-electron chi connectivity index (χ1n) is 5.81. The fraction of sp³-hybridized carbons (Fsp3) is 0.214. The van der Waals surface area contributed by atoms with Gasteiger partial charge in [-0.1, -0.05) is 19.1 Å². The van der Waals surface area contributed by atoms with E-state index in [1.807, 2.05) is 13.0 Å². The van der Waals surface area contributed by atoms with Gasteiger partial charge in [0, 0.05) is 11.3 Å². The Kier molecular flexibility index (Phi) is 3.37. The third-order valence-corrected chi connectivity index (χ3v) is 2.93. The van der Waals surface area contributed by atoms with Gasteiger partial charge in [-0.25, -0.2) is 0 Å². The summed E-state index contributed by atoms with van der Waals surface area (Å²) in [5, 5.41) is 0. The van der Waals surface area contributed by atoms with Crippen molar-refractivity contribution >= 4 is 5.78 Å². The van der Waals surface area contributed by atoms with Crippen molar-refractivity contribution in [1.82, 2.24) is 4.68 Å². The van der Waals surface area contributed by atoms with E-state index < -0.39 is 0 Å². The van der Waals surface area contributed by atoms with Gasteiger partial charge in [0.05, 0.1) is 7.11 Å². The Labute approximate surface area is 106 Å². The maximum Gasteiger partial charge on any atom is 0.211 e. The van der Waals surface area contributed by atoms with E-state index in [4.69, 9.17) is 10.6 Å². The zero-order valence-electron chi connectivity index (χ0n) is 10.5. The molecule has 0 aliphatic heterocycles. The van der Waals surface area contributed by atoms with Crippen LogP contribution in [0.15, 0.2) is 36.4 Å². The van der Waals surface area contributed by atoms with Crippen LogP contribution in [0, 0.1) is 0 Å². The lowest BCUT2D eigenvalue weighted by Crippen LogP contribution is -2.19. The lowest BCUT2D eigenvalue weighted by Gasteiger charge is -2.06. The van der Waals surface area contributed by atoms with Gasteiger partial charge in [-0.2, -0.15) is 0 Å². The van der Waals surface area contributed by atoms with E-state index in [1.165, 1.54) is 4.68 Å². The second-order valence-electron chi connectivity index (χ2n) is 3.99. The molecular weight excluding hydrogens is 228 g/mol. The molecule has 0 spiro atoms. The SMILES string of the molecule is CCc1ccc(C(=O)c2cccc(OC)c2)n1N. The lowest BCUT2D eigenvalue weighted by atomic mass is 10.1. The monoisotopic (exact) mass is 244 g/mol. The molecule has 1 heterocycles. The van der Waals surface area contributed by atoms with Crippen LogP contribution >= 0.6 is 0 Å². The van der Waals surface area contributed by atoms with E-state index in [2.05, 4.69) is 0 Å². The number of hydrogen-bond acceptors (Lipinski definition) is 3. The predicted molar refractivity (Wildman–Crippen MR) is 70.4 cm³/mol. The first kappa shape index (κ1) is 12.2. The number of nitrogens with two attached hydrogens (primary N) is 1. The average molecular weight is 244 g/mol. The minimum absolute atomic E-state index is 0.101. The zero-order chi connectivity index (χ0) is 13.1. The highest BCUT2D eigenvalue weighted by Gasteiger charge is 2.15. The molecule has 1 aromatic heterocycles.